The molecule has 0 aliphatic heterocycles. The number of anilines is 2. The highest BCUT2D eigenvalue weighted by atomic mass is 35.5. The molecule has 0 radical (unpaired) electrons. The summed E-state index contributed by atoms with van der Waals surface area (Å²) in [6, 6.07) is 7.04. The number of nitrogens with zero attached hydrogens (tertiary/aromatic N) is 1. The van der Waals surface area contributed by atoms with Gasteiger partial charge in [0.1, 0.15) is 17.2 Å². The first-order chi connectivity index (χ1) is 12.0. The van der Waals surface area contributed by atoms with Gasteiger partial charge in [0, 0.05) is 30.1 Å². The Morgan fingerprint density at radius 1 is 1.24 bits per heavy atom. The molecule has 2 N–H and O–H groups in total. The van der Waals surface area contributed by atoms with Crippen molar-refractivity contribution in [2.45, 2.75) is 26.3 Å². The van der Waals surface area contributed by atoms with Gasteiger partial charge < -0.3 is 20.1 Å². The molecule has 1 aromatic heterocycles. The number of carbonyl (C=O) groups is 1. The van der Waals surface area contributed by atoms with Crippen LogP contribution >= 0.6 is 11.6 Å². The molecule has 0 saturated heterocycles. The second-order valence-electron chi connectivity index (χ2n) is 5.52. The summed E-state index contributed by atoms with van der Waals surface area (Å²) in [4.78, 5) is 16.7. The summed E-state index contributed by atoms with van der Waals surface area (Å²) in [5.41, 5.74) is 1.59. The predicted molar refractivity (Wildman–Crippen MR) is 100 cm³/mol. The highest BCUT2D eigenvalue weighted by molar-refractivity contribution is 6.32. The minimum Gasteiger partial charge on any atom is -0.495 e. The van der Waals surface area contributed by atoms with E-state index in [1.54, 1.807) is 24.4 Å². The first-order valence-corrected chi connectivity index (χ1v) is 8.31. The molecule has 134 valence electrons. The molecule has 2 rings (SSSR count). The molecule has 0 bridgehead atoms. The van der Waals surface area contributed by atoms with Crippen LogP contribution in [0.15, 0.2) is 30.5 Å². The van der Waals surface area contributed by atoms with Gasteiger partial charge in [-0.15, -0.1) is 0 Å². The molecule has 25 heavy (non-hydrogen) atoms. The normalized spacial score (nSPS) is 11.6. The van der Waals surface area contributed by atoms with Gasteiger partial charge in [-0.2, -0.15) is 0 Å². The number of ether oxygens (including phenoxy) is 2. The molecule has 0 aliphatic rings. The fraction of sp³-hybridized carbons (Fsp3) is 0.333. The van der Waals surface area contributed by atoms with Crippen LogP contribution in [-0.4, -0.2) is 31.2 Å². The molecule has 1 atom stereocenters. The van der Waals surface area contributed by atoms with Crippen molar-refractivity contribution in [1.29, 1.82) is 0 Å². The van der Waals surface area contributed by atoms with Crippen molar-refractivity contribution < 1.29 is 14.3 Å². The molecular formula is C18H22ClN3O3. The number of amides is 1. The van der Waals surface area contributed by atoms with Crippen LogP contribution in [0.3, 0.4) is 0 Å². The van der Waals surface area contributed by atoms with E-state index in [0.717, 1.165) is 12.1 Å². The molecule has 7 heteroatoms. The molecule has 1 heterocycles. The van der Waals surface area contributed by atoms with Crippen molar-refractivity contribution in [1.82, 2.24) is 4.98 Å². The summed E-state index contributed by atoms with van der Waals surface area (Å²) in [5, 5.41) is 6.50. The second-order valence-corrected chi connectivity index (χ2v) is 5.93. The van der Waals surface area contributed by atoms with E-state index in [9.17, 15) is 4.79 Å². The van der Waals surface area contributed by atoms with Crippen molar-refractivity contribution in [2.75, 3.05) is 24.9 Å². The lowest BCUT2D eigenvalue weighted by Crippen LogP contribution is -2.17. The van der Waals surface area contributed by atoms with E-state index < -0.39 is 0 Å². The molecular weight excluding hydrogens is 342 g/mol. The third-order valence-corrected chi connectivity index (χ3v) is 4.04. The van der Waals surface area contributed by atoms with E-state index in [2.05, 4.69) is 29.5 Å². The zero-order valence-corrected chi connectivity index (χ0v) is 15.5. The van der Waals surface area contributed by atoms with Crippen LogP contribution in [0.5, 0.6) is 11.5 Å². The highest BCUT2D eigenvalue weighted by Gasteiger charge is 2.15. The lowest BCUT2D eigenvalue weighted by atomic mass is 10.2. The first-order valence-electron chi connectivity index (χ1n) is 7.94. The van der Waals surface area contributed by atoms with Gasteiger partial charge in [-0.25, -0.2) is 0 Å². The lowest BCUT2D eigenvalue weighted by molar-refractivity contribution is 0.102. The maximum absolute atomic E-state index is 12.5. The van der Waals surface area contributed by atoms with Crippen LogP contribution in [0.4, 0.5) is 11.4 Å². The monoisotopic (exact) mass is 363 g/mol. The number of rotatable bonds is 7. The zero-order valence-electron chi connectivity index (χ0n) is 14.7. The van der Waals surface area contributed by atoms with Crippen LogP contribution < -0.4 is 20.1 Å². The molecule has 0 saturated carbocycles. The number of pyridine rings is 1. The van der Waals surface area contributed by atoms with E-state index in [0.29, 0.717) is 33.9 Å². The van der Waals surface area contributed by atoms with Crippen LogP contribution in [0.1, 0.15) is 30.8 Å². The Morgan fingerprint density at radius 2 is 1.96 bits per heavy atom. The molecule has 0 spiro atoms. The van der Waals surface area contributed by atoms with E-state index in [-0.39, 0.29) is 5.91 Å². The van der Waals surface area contributed by atoms with Crippen LogP contribution in [-0.2, 0) is 0 Å². The zero-order chi connectivity index (χ0) is 18.4. The number of hydrogen-bond acceptors (Lipinski definition) is 5. The van der Waals surface area contributed by atoms with Gasteiger partial charge in [0.15, 0.2) is 0 Å². The Kier molecular flexibility index (Phi) is 6.47. The summed E-state index contributed by atoms with van der Waals surface area (Å²) < 4.78 is 10.4. The van der Waals surface area contributed by atoms with Gasteiger partial charge in [0.25, 0.3) is 5.91 Å². The molecule has 0 aliphatic carbocycles. The fourth-order valence-corrected chi connectivity index (χ4v) is 2.41. The van der Waals surface area contributed by atoms with Crippen molar-refractivity contribution in [2.24, 2.45) is 0 Å². The van der Waals surface area contributed by atoms with Gasteiger partial charge in [-0.3, -0.25) is 9.78 Å². The maximum atomic E-state index is 12.5. The van der Waals surface area contributed by atoms with Gasteiger partial charge in [0.05, 0.1) is 24.9 Å². The Balaban J connectivity index is 2.23. The number of methoxy groups -OCH3 is 2. The molecule has 1 amide bonds. The Bertz CT molecular complexity index is 752. The Hall–Kier alpha value is -2.47. The van der Waals surface area contributed by atoms with E-state index in [4.69, 9.17) is 21.1 Å². The third kappa shape index (κ3) is 4.76. The van der Waals surface area contributed by atoms with Gasteiger partial charge in [-0.1, -0.05) is 18.5 Å². The average molecular weight is 364 g/mol. The Labute approximate surface area is 152 Å². The van der Waals surface area contributed by atoms with Gasteiger partial charge in [-0.05, 0) is 25.5 Å². The number of aromatic nitrogens is 1. The van der Waals surface area contributed by atoms with Crippen molar-refractivity contribution >= 4 is 28.9 Å². The van der Waals surface area contributed by atoms with Crippen LogP contribution in [0.2, 0.25) is 5.02 Å². The summed E-state index contributed by atoms with van der Waals surface area (Å²) in [5.74, 6) is 0.529. The molecule has 2 aromatic rings. The number of benzene rings is 1. The first kappa shape index (κ1) is 18.9. The lowest BCUT2D eigenvalue weighted by Gasteiger charge is -2.15. The topological polar surface area (TPSA) is 72.5 Å². The van der Waals surface area contributed by atoms with Crippen molar-refractivity contribution in [3.63, 3.8) is 0 Å². The molecule has 1 aromatic carbocycles. The largest absolute Gasteiger partial charge is 0.495 e. The average Bonchev–Trinajstić information content (AvgIpc) is 2.62. The maximum Gasteiger partial charge on any atom is 0.274 e. The van der Waals surface area contributed by atoms with Gasteiger partial charge in [0.2, 0.25) is 0 Å². The quantitative estimate of drug-likeness (QED) is 0.770. The summed E-state index contributed by atoms with van der Waals surface area (Å²) in [6.45, 7) is 4.16. The SMILES string of the molecule is CCC(C)Nc1ccnc(C(=O)Nc2cc(OC)c(Cl)cc2OC)c1. The summed E-state index contributed by atoms with van der Waals surface area (Å²) in [7, 11) is 3.01. The third-order valence-electron chi connectivity index (χ3n) is 3.74. The Morgan fingerprint density at radius 3 is 2.60 bits per heavy atom. The van der Waals surface area contributed by atoms with Crippen LogP contribution in [0.25, 0.3) is 0 Å². The van der Waals surface area contributed by atoms with E-state index >= 15 is 0 Å². The second kappa shape index (κ2) is 8.58. The van der Waals surface area contributed by atoms with Crippen molar-refractivity contribution in [3.8, 4) is 11.5 Å². The molecule has 0 fully saturated rings. The van der Waals surface area contributed by atoms with E-state index in [1.807, 2.05) is 6.07 Å². The number of hydrogen-bond donors (Lipinski definition) is 2. The number of halogens is 1. The molecule has 6 nitrogen and oxygen atoms in total. The van der Waals surface area contributed by atoms with E-state index in [1.165, 1.54) is 14.2 Å². The predicted octanol–water partition coefficient (Wildman–Crippen LogP) is 4.21. The number of carbonyl (C=O) groups excluding carboxylic acids is 1. The highest BCUT2D eigenvalue weighted by Crippen LogP contribution is 2.36. The van der Waals surface area contributed by atoms with Crippen LogP contribution in [0, 0.1) is 0 Å². The fourth-order valence-electron chi connectivity index (χ4n) is 2.18. The minimum atomic E-state index is -0.351. The summed E-state index contributed by atoms with van der Waals surface area (Å²) >= 11 is 6.08. The standard InChI is InChI=1S/C18H22ClN3O3/c1-5-11(2)21-12-6-7-20-15(8-12)18(23)22-14-10-16(24-3)13(19)9-17(14)25-4/h6-11H,5H2,1-4H3,(H,20,21)(H,22,23). The molecule has 1 unspecified atom stereocenters. The summed E-state index contributed by atoms with van der Waals surface area (Å²) in [6.07, 6.45) is 2.57. The van der Waals surface area contributed by atoms with Crippen molar-refractivity contribution in [3.05, 3.63) is 41.2 Å². The number of nitrogens with one attached hydrogen (secondary N) is 2. The minimum absolute atomic E-state index is 0.296. The van der Waals surface area contributed by atoms with Gasteiger partial charge >= 0.3 is 0 Å². The smallest absolute Gasteiger partial charge is 0.274 e.